The van der Waals surface area contributed by atoms with Gasteiger partial charge in [0, 0.05) is 0 Å². The first-order chi connectivity index (χ1) is 15.3. The molecule has 1 heterocycles. The molecule has 0 N–H and O–H groups in total. The second-order valence-electron chi connectivity index (χ2n) is 9.23. The van der Waals surface area contributed by atoms with E-state index in [9.17, 15) is 0 Å². The molecule has 0 spiro atoms. The molecule has 0 bridgehead atoms. The van der Waals surface area contributed by atoms with Crippen LogP contribution in [-0.2, 0) is 19.4 Å². The molecule has 0 amide bonds. The van der Waals surface area contributed by atoms with E-state index in [0.29, 0.717) is 6.61 Å². The first kappa shape index (κ1) is 20.3. The monoisotopic (exact) mass is 411 g/mol. The van der Waals surface area contributed by atoms with Crippen molar-refractivity contribution >= 4 is 0 Å². The fourth-order valence-electron chi connectivity index (χ4n) is 5.11. The van der Waals surface area contributed by atoms with Gasteiger partial charge in [0.1, 0.15) is 12.4 Å². The number of rotatable bonds is 7. The molecule has 160 valence electrons. The van der Waals surface area contributed by atoms with Gasteiger partial charge < -0.3 is 9.64 Å². The van der Waals surface area contributed by atoms with E-state index in [1.165, 1.54) is 86.0 Å². The van der Waals surface area contributed by atoms with Crippen molar-refractivity contribution in [2.45, 2.75) is 45.1 Å². The molecule has 5 rings (SSSR count). The van der Waals surface area contributed by atoms with Gasteiger partial charge in [0.2, 0.25) is 0 Å². The number of hydrogen-bond donors (Lipinski definition) is 0. The molecule has 1 unspecified atom stereocenters. The summed E-state index contributed by atoms with van der Waals surface area (Å²) >= 11 is 0. The molecular weight excluding hydrogens is 378 g/mol. The van der Waals surface area contributed by atoms with Crippen LogP contribution < -0.4 is 4.74 Å². The first-order valence-electron chi connectivity index (χ1n) is 11.9. The van der Waals surface area contributed by atoms with Gasteiger partial charge in [-0.2, -0.15) is 0 Å². The minimum atomic E-state index is 0.617. The van der Waals surface area contributed by atoms with E-state index in [0.717, 1.165) is 11.7 Å². The summed E-state index contributed by atoms with van der Waals surface area (Å²) in [7, 11) is 0. The quantitative estimate of drug-likeness (QED) is 0.439. The van der Waals surface area contributed by atoms with Crippen LogP contribution in [0.5, 0.6) is 5.75 Å². The number of likely N-dealkylation sites (tertiary alicyclic amines) is 1. The maximum atomic E-state index is 6.14. The normalized spacial score (nSPS) is 18.6. The van der Waals surface area contributed by atoms with Crippen molar-refractivity contribution in [2.24, 2.45) is 5.92 Å². The maximum absolute atomic E-state index is 6.14. The number of fused-ring (bicyclic) bond motifs is 1. The number of hydrogen-bond acceptors (Lipinski definition) is 2. The van der Waals surface area contributed by atoms with Crippen LogP contribution in [0.25, 0.3) is 11.1 Å². The van der Waals surface area contributed by atoms with Crippen LogP contribution in [0.2, 0.25) is 0 Å². The summed E-state index contributed by atoms with van der Waals surface area (Å²) in [5.41, 5.74) is 6.74. The lowest BCUT2D eigenvalue weighted by atomic mass is 9.82. The van der Waals surface area contributed by atoms with E-state index in [1.54, 1.807) is 0 Å². The number of aryl methyl sites for hydroxylation is 1. The van der Waals surface area contributed by atoms with Crippen LogP contribution in [0.4, 0.5) is 0 Å². The summed E-state index contributed by atoms with van der Waals surface area (Å²) in [4.78, 5) is 2.65. The van der Waals surface area contributed by atoms with Crippen LogP contribution in [0.1, 0.15) is 42.4 Å². The van der Waals surface area contributed by atoms with Gasteiger partial charge in [-0.1, -0.05) is 60.7 Å². The Labute approximate surface area is 186 Å². The molecule has 0 saturated carbocycles. The molecular formula is C29H33NO. The average molecular weight is 412 g/mol. The zero-order valence-electron chi connectivity index (χ0n) is 18.4. The molecule has 3 aromatic rings. The highest BCUT2D eigenvalue weighted by atomic mass is 16.5. The van der Waals surface area contributed by atoms with Crippen LogP contribution in [-0.4, -0.2) is 24.5 Å². The molecule has 3 aromatic carbocycles. The van der Waals surface area contributed by atoms with Gasteiger partial charge in [-0.15, -0.1) is 0 Å². The van der Waals surface area contributed by atoms with Crippen molar-refractivity contribution < 1.29 is 4.74 Å². The predicted octanol–water partition coefficient (Wildman–Crippen LogP) is 6.52. The van der Waals surface area contributed by atoms with E-state index >= 15 is 0 Å². The molecule has 1 aliphatic heterocycles. The summed E-state index contributed by atoms with van der Waals surface area (Å²) in [6, 6.07) is 26.0. The zero-order chi connectivity index (χ0) is 20.9. The summed E-state index contributed by atoms with van der Waals surface area (Å²) in [5.74, 6) is 1.85. The Kier molecular flexibility index (Phi) is 6.36. The molecule has 2 heteroatoms. The highest BCUT2D eigenvalue weighted by Crippen LogP contribution is 2.31. The van der Waals surface area contributed by atoms with Gasteiger partial charge >= 0.3 is 0 Å². The molecule has 31 heavy (non-hydrogen) atoms. The van der Waals surface area contributed by atoms with Gasteiger partial charge in [0.25, 0.3) is 0 Å². The molecule has 1 fully saturated rings. The fourth-order valence-corrected chi connectivity index (χ4v) is 5.11. The van der Waals surface area contributed by atoms with E-state index < -0.39 is 0 Å². The molecule has 1 saturated heterocycles. The van der Waals surface area contributed by atoms with E-state index in [4.69, 9.17) is 4.74 Å². The van der Waals surface area contributed by atoms with Crippen molar-refractivity contribution in [3.63, 3.8) is 0 Å². The van der Waals surface area contributed by atoms with E-state index in [1.807, 2.05) is 0 Å². The maximum Gasteiger partial charge on any atom is 0.120 e. The van der Waals surface area contributed by atoms with Gasteiger partial charge in [-0.25, -0.2) is 0 Å². The summed E-state index contributed by atoms with van der Waals surface area (Å²) in [5, 5.41) is 0. The van der Waals surface area contributed by atoms with Crippen molar-refractivity contribution in [1.29, 1.82) is 0 Å². The third-order valence-electron chi connectivity index (χ3n) is 7.03. The smallest absolute Gasteiger partial charge is 0.120 e. The lowest BCUT2D eigenvalue weighted by Gasteiger charge is -2.27. The standard InChI is InChI=1S/C29H33NO/c1-2-6-25(7-3-1)26-11-9-24(10-12-26)22-31-29-15-14-27-20-23(8-13-28(27)21-29)16-19-30-17-4-5-18-30/h1-3,6-7,9-12,14-15,21,23H,4-5,8,13,16-20,22H2. The fraction of sp³-hybridized carbons (Fsp3) is 0.379. The van der Waals surface area contributed by atoms with Crippen LogP contribution >= 0.6 is 0 Å². The van der Waals surface area contributed by atoms with Crippen molar-refractivity contribution in [3.8, 4) is 16.9 Å². The Bertz CT molecular complexity index is 973. The second-order valence-corrected chi connectivity index (χ2v) is 9.23. The molecule has 2 aliphatic rings. The zero-order valence-corrected chi connectivity index (χ0v) is 18.4. The molecule has 2 nitrogen and oxygen atoms in total. The Morgan fingerprint density at radius 2 is 1.58 bits per heavy atom. The Hall–Kier alpha value is -2.58. The molecule has 1 aliphatic carbocycles. The lowest BCUT2D eigenvalue weighted by Crippen LogP contribution is -2.24. The van der Waals surface area contributed by atoms with Crippen LogP contribution in [0.3, 0.4) is 0 Å². The van der Waals surface area contributed by atoms with Gasteiger partial charge in [-0.3, -0.25) is 0 Å². The molecule has 1 atom stereocenters. The predicted molar refractivity (Wildman–Crippen MR) is 128 cm³/mol. The number of benzene rings is 3. The van der Waals surface area contributed by atoms with Crippen molar-refractivity contribution in [2.75, 3.05) is 19.6 Å². The van der Waals surface area contributed by atoms with Crippen molar-refractivity contribution in [1.82, 2.24) is 4.90 Å². The average Bonchev–Trinajstić information content (AvgIpc) is 3.36. The topological polar surface area (TPSA) is 12.5 Å². The highest BCUT2D eigenvalue weighted by Gasteiger charge is 2.21. The lowest BCUT2D eigenvalue weighted by molar-refractivity contribution is 0.289. The highest BCUT2D eigenvalue weighted by molar-refractivity contribution is 5.63. The number of nitrogens with zero attached hydrogens (tertiary/aromatic N) is 1. The van der Waals surface area contributed by atoms with Gasteiger partial charge in [0.05, 0.1) is 0 Å². The summed E-state index contributed by atoms with van der Waals surface area (Å²) < 4.78 is 6.14. The largest absolute Gasteiger partial charge is 0.489 e. The first-order valence-corrected chi connectivity index (χ1v) is 11.9. The second kappa shape index (κ2) is 9.70. The molecule has 0 radical (unpaired) electrons. The Morgan fingerprint density at radius 3 is 2.39 bits per heavy atom. The van der Waals surface area contributed by atoms with E-state index in [2.05, 4.69) is 77.7 Å². The minimum Gasteiger partial charge on any atom is -0.489 e. The Morgan fingerprint density at radius 1 is 0.806 bits per heavy atom. The minimum absolute atomic E-state index is 0.617. The van der Waals surface area contributed by atoms with Gasteiger partial charge in [0.15, 0.2) is 0 Å². The third kappa shape index (κ3) is 5.19. The van der Waals surface area contributed by atoms with Crippen LogP contribution in [0, 0.1) is 5.92 Å². The van der Waals surface area contributed by atoms with E-state index in [-0.39, 0.29) is 0 Å². The molecule has 0 aromatic heterocycles. The summed E-state index contributed by atoms with van der Waals surface area (Å²) in [6.07, 6.45) is 7.91. The third-order valence-corrected chi connectivity index (χ3v) is 7.03. The summed E-state index contributed by atoms with van der Waals surface area (Å²) in [6.45, 7) is 4.55. The van der Waals surface area contributed by atoms with Crippen LogP contribution in [0.15, 0.2) is 72.8 Å². The Balaban J connectivity index is 1.14. The van der Waals surface area contributed by atoms with Crippen molar-refractivity contribution in [3.05, 3.63) is 89.5 Å². The number of ether oxygens (including phenoxy) is 1. The SMILES string of the molecule is c1ccc(-c2ccc(COc3ccc4c(c3)CCC(CCN3CCCC3)C4)cc2)cc1. The van der Waals surface area contributed by atoms with Gasteiger partial charge in [-0.05, 0) is 104 Å².